The van der Waals surface area contributed by atoms with Crippen LogP contribution in [0.15, 0.2) is 48.5 Å². The minimum absolute atomic E-state index is 0.0145. The first-order valence-corrected chi connectivity index (χ1v) is 14.7. The molecule has 31 heavy (non-hydrogen) atoms. The maximum absolute atomic E-state index is 12.5. The van der Waals surface area contributed by atoms with Crippen LogP contribution in [0, 0.1) is 5.92 Å². The van der Waals surface area contributed by atoms with Gasteiger partial charge in [0.05, 0.1) is 6.61 Å². The van der Waals surface area contributed by atoms with Crippen LogP contribution in [0.1, 0.15) is 30.9 Å². The number of amides is 1. The minimum atomic E-state index is -1.29. The number of alkyl carbamates (subject to hydrolysis) is 1. The highest BCUT2D eigenvalue weighted by Gasteiger charge is 2.31. The molecule has 0 saturated heterocycles. The van der Waals surface area contributed by atoms with Gasteiger partial charge in [-0.1, -0.05) is 82.0 Å². The molecule has 166 valence electrons. The van der Waals surface area contributed by atoms with Crippen molar-refractivity contribution in [2.75, 3.05) is 13.2 Å². The lowest BCUT2D eigenvalue weighted by atomic mass is 9.98. The Morgan fingerprint density at radius 3 is 2.00 bits per heavy atom. The topological polar surface area (TPSA) is 64.6 Å². The van der Waals surface area contributed by atoms with E-state index in [-0.39, 0.29) is 18.4 Å². The Kier molecular flexibility index (Phi) is 7.21. The molecule has 0 fully saturated rings. The number of benzene rings is 2. The highest BCUT2D eigenvalue weighted by Crippen LogP contribution is 2.44. The molecular weight excluding hydrogens is 406 g/mol. The van der Waals surface area contributed by atoms with Gasteiger partial charge in [-0.2, -0.15) is 0 Å². The summed E-state index contributed by atoms with van der Waals surface area (Å²) in [6.07, 6.45) is -0.595. The first-order chi connectivity index (χ1) is 14.7. The molecule has 0 heterocycles. The molecule has 3 rings (SSSR count). The van der Waals surface area contributed by atoms with E-state index in [1.54, 1.807) is 0 Å². The Hall–Kier alpha value is -2.60. The molecular formula is C25H33NO4Si. The van der Waals surface area contributed by atoms with E-state index in [0.717, 1.165) is 17.2 Å². The Morgan fingerprint density at radius 1 is 0.935 bits per heavy atom. The fourth-order valence-corrected chi connectivity index (χ4v) is 4.53. The predicted molar refractivity (Wildman–Crippen MR) is 126 cm³/mol. The van der Waals surface area contributed by atoms with Gasteiger partial charge in [0.25, 0.3) is 0 Å². The Morgan fingerprint density at radius 2 is 1.48 bits per heavy atom. The molecule has 6 heteroatoms. The quantitative estimate of drug-likeness (QED) is 0.440. The monoisotopic (exact) mass is 439 g/mol. The van der Waals surface area contributed by atoms with E-state index in [9.17, 15) is 9.59 Å². The van der Waals surface area contributed by atoms with Crippen molar-refractivity contribution in [1.82, 2.24) is 5.32 Å². The number of ether oxygens (including phenoxy) is 2. The Bertz CT molecular complexity index is 890. The number of rotatable bonds is 8. The van der Waals surface area contributed by atoms with Crippen molar-refractivity contribution in [2.45, 2.75) is 51.5 Å². The zero-order chi connectivity index (χ0) is 22.6. The molecule has 1 amide bonds. The van der Waals surface area contributed by atoms with Crippen LogP contribution in [0.5, 0.6) is 0 Å². The van der Waals surface area contributed by atoms with Crippen molar-refractivity contribution >= 4 is 20.1 Å². The summed E-state index contributed by atoms with van der Waals surface area (Å²) in [7, 11) is -1.29. The van der Waals surface area contributed by atoms with Crippen LogP contribution >= 0.6 is 0 Å². The van der Waals surface area contributed by atoms with Crippen molar-refractivity contribution in [1.29, 1.82) is 0 Å². The molecule has 1 aliphatic rings. The SMILES string of the molecule is CC(C)C(NC(=O)OCC1c2ccccc2-c2ccccc21)C(=O)OCC[Si](C)(C)C. The predicted octanol–water partition coefficient (Wildman–Crippen LogP) is 5.43. The van der Waals surface area contributed by atoms with Gasteiger partial charge in [0.2, 0.25) is 0 Å². The van der Waals surface area contributed by atoms with E-state index in [2.05, 4.69) is 49.2 Å². The number of nitrogens with one attached hydrogen (secondary N) is 1. The molecule has 1 aliphatic carbocycles. The molecule has 0 radical (unpaired) electrons. The second-order valence-corrected chi connectivity index (χ2v) is 15.3. The maximum atomic E-state index is 12.5. The van der Waals surface area contributed by atoms with Crippen molar-refractivity contribution in [3.8, 4) is 11.1 Å². The van der Waals surface area contributed by atoms with Crippen molar-refractivity contribution in [3.63, 3.8) is 0 Å². The van der Waals surface area contributed by atoms with E-state index >= 15 is 0 Å². The summed E-state index contributed by atoms with van der Waals surface area (Å²) in [6, 6.07) is 16.6. The van der Waals surface area contributed by atoms with Crippen LogP contribution in [0.3, 0.4) is 0 Å². The fraction of sp³-hybridized carbons (Fsp3) is 0.440. The third-order valence-corrected chi connectivity index (χ3v) is 7.34. The first-order valence-electron chi connectivity index (χ1n) is 11.0. The summed E-state index contributed by atoms with van der Waals surface area (Å²) in [4.78, 5) is 25.1. The van der Waals surface area contributed by atoms with Crippen molar-refractivity contribution in [3.05, 3.63) is 59.7 Å². The molecule has 1 N–H and O–H groups in total. The molecule has 2 aromatic rings. The van der Waals surface area contributed by atoms with Crippen LogP contribution in [0.4, 0.5) is 4.79 Å². The standard InChI is InChI=1S/C25H33NO4Si/c1-17(2)23(24(27)29-14-15-31(3,4)5)26-25(28)30-16-22-20-12-8-6-10-18(20)19-11-7-9-13-21(19)22/h6-13,17,22-23H,14-16H2,1-5H3,(H,26,28). The fourth-order valence-electron chi connectivity index (χ4n) is 3.81. The molecule has 0 aliphatic heterocycles. The summed E-state index contributed by atoms with van der Waals surface area (Å²) in [5, 5.41) is 2.71. The summed E-state index contributed by atoms with van der Waals surface area (Å²) in [6.45, 7) is 11.1. The normalized spacial score (nSPS) is 14.0. The number of hydrogen-bond acceptors (Lipinski definition) is 4. The van der Waals surface area contributed by atoms with E-state index in [4.69, 9.17) is 9.47 Å². The van der Waals surface area contributed by atoms with E-state index in [1.165, 1.54) is 11.1 Å². The highest BCUT2D eigenvalue weighted by atomic mass is 28.3. The van der Waals surface area contributed by atoms with Gasteiger partial charge in [-0.15, -0.1) is 0 Å². The number of esters is 1. The molecule has 5 nitrogen and oxygen atoms in total. The van der Waals surface area contributed by atoms with Gasteiger partial charge < -0.3 is 14.8 Å². The lowest BCUT2D eigenvalue weighted by molar-refractivity contribution is -0.146. The molecule has 2 aromatic carbocycles. The average Bonchev–Trinajstić information content (AvgIpc) is 3.03. The van der Waals surface area contributed by atoms with Crippen LogP contribution in [-0.2, 0) is 14.3 Å². The van der Waals surface area contributed by atoms with Gasteiger partial charge in [-0.3, -0.25) is 0 Å². The van der Waals surface area contributed by atoms with E-state index < -0.39 is 26.2 Å². The van der Waals surface area contributed by atoms with Gasteiger partial charge in [0.15, 0.2) is 0 Å². The van der Waals surface area contributed by atoms with Crippen molar-refractivity contribution < 1.29 is 19.1 Å². The molecule has 0 aromatic heterocycles. The maximum Gasteiger partial charge on any atom is 0.407 e. The molecule has 1 atom stereocenters. The number of fused-ring (bicyclic) bond motifs is 3. The molecule has 0 bridgehead atoms. The third kappa shape index (κ3) is 5.76. The summed E-state index contributed by atoms with van der Waals surface area (Å²) < 4.78 is 11.0. The van der Waals surface area contributed by atoms with Gasteiger partial charge in [-0.05, 0) is 34.2 Å². The lowest BCUT2D eigenvalue weighted by Gasteiger charge is -2.22. The largest absolute Gasteiger partial charge is 0.464 e. The number of carbonyl (C=O) groups excluding carboxylic acids is 2. The van der Waals surface area contributed by atoms with Gasteiger partial charge in [0.1, 0.15) is 12.6 Å². The Labute approximate surface area is 186 Å². The second-order valence-electron chi connectivity index (χ2n) is 9.67. The Balaban J connectivity index is 1.60. The van der Waals surface area contributed by atoms with Crippen molar-refractivity contribution in [2.24, 2.45) is 5.92 Å². The smallest absolute Gasteiger partial charge is 0.407 e. The number of hydrogen-bond donors (Lipinski definition) is 1. The average molecular weight is 440 g/mol. The first kappa shape index (κ1) is 23.1. The van der Waals surface area contributed by atoms with Gasteiger partial charge >= 0.3 is 12.1 Å². The third-order valence-electron chi connectivity index (χ3n) is 5.63. The van der Waals surface area contributed by atoms with Gasteiger partial charge in [0, 0.05) is 14.0 Å². The van der Waals surface area contributed by atoms with Crippen LogP contribution in [0.25, 0.3) is 11.1 Å². The molecule has 0 spiro atoms. The van der Waals surface area contributed by atoms with E-state index in [0.29, 0.717) is 6.61 Å². The zero-order valence-electron chi connectivity index (χ0n) is 19.1. The van der Waals surface area contributed by atoms with Crippen LogP contribution in [-0.4, -0.2) is 39.4 Å². The highest BCUT2D eigenvalue weighted by molar-refractivity contribution is 6.76. The molecule has 1 unspecified atom stereocenters. The summed E-state index contributed by atoms with van der Waals surface area (Å²) in [5.74, 6) is -0.513. The summed E-state index contributed by atoms with van der Waals surface area (Å²) >= 11 is 0. The zero-order valence-corrected chi connectivity index (χ0v) is 20.1. The second kappa shape index (κ2) is 9.69. The molecule has 0 saturated carbocycles. The van der Waals surface area contributed by atoms with Gasteiger partial charge in [-0.25, -0.2) is 9.59 Å². The number of carbonyl (C=O) groups is 2. The van der Waals surface area contributed by atoms with Crippen LogP contribution < -0.4 is 5.32 Å². The van der Waals surface area contributed by atoms with E-state index in [1.807, 2.05) is 38.1 Å². The minimum Gasteiger partial charge on any atom is -0.464 e. The summed E-state index contributed by atoms with van der Waals surface area (Å²) in [5.41, 5.74) is 4.67. The van der Waals surface area contributed by atoms with Crippen LogP contribution in [0.2, 0.25) is 25.7 Å². The lowest BCUT2D eigenvalue weighted by Crippen LogP contribution is -2.46.